The van der Waals surface area contributed by atoms with Gasteiger partial charge in [0.05, 0.1) is 5.41 Å². The second-order valence-electron chi connectivity index (χ2n) is 9.75. The number of cyclic esters (lactones) is 1. The summed E-state index contributed by atoms with van der Waals surface area (Å²) in [4.78, 5) is 37.0. The van der Waals surface area contributed by atoms with E-state index in [9.17, 15) is 14.4 Å². The Bertz CT molecular complexity index is 677. The molecule has 0 spiro atoms. The molecule has 0 unspecified atom stereocenters. The zero-order valence-corrected chi connectivity index (χ0v) is 18.4. The predicted octanol–water partition coefficient (Wildman–Crippen LogP) is 4.77. The van der Waals surface area contributed by atoms with E-state index in [0.29, 0.717) is 6.42 Å². The molecular formula is C24H36O5. The first-order valence-electron chi connectivity index (χ1n) is 11.4. The van der Waals surface area contributed by atoms with Crippen LogP contribution in [0.15, 0.2) is 11.6 Å². The number of carbonyl (C=O) groups is 3. The van der Waals surface area contributed by atoms with Gasteiger partial charge in [0.25, 0.3) is 0 Å². The quantitative estimate of drug-likeness (QED) is 0.596. The average molecular weight is 405 g/mol. The molecule has 3 rings (SSSR count). The lowest BCUT2D eigenvalue weighted by Crippen LogP contribution is -2.45. The number of hydrogen-bond acceptors (Lipinski definition) is 5. The lowest BCUT2D eigenvalue weighted by molar-refractivity contribution is -0.165. The minimum absolute atomic E-state index is 0.0449. The van der Waals surface area contributed by atoms with Gasteiger partial charge in [-0.1, -0.05) is 19.4 Å². The van der Waals surface area contributed by atoms with Gasteiger partial charge in [0.15, 0.2) is 5.78 Å². The molecule has 3 aliphatic rings. The highest BCUT2D eigenvalue weighted by molar-refractivity contribution is 5.93. The molecule has 162 valence electrons. The summed E-state index contributed by atoms with van der Waals surface area (Å²) in [7, 11) is 0. The zero-order valence-electron chi connectivity index (χ0n) is 18.4. The van der Waals surface area contributed by atoms with Gasteiger partial charge >= 0.3 is 11.9 Å². The van der Waals surface area contributed by atoms with E-state index in [4.69, 9.17) is 9.47 Å². The van der Waals surface area contributed by atoms with Crippen molar-refractivity contribution in [1.82, 2.24) is 0 Å². The van der Waals surface area contributed by atoms with Crippen LogP contribution in [-0.4, -0.2) is 29.9 Å². The highest BCUT2D eigenvalue weighted by Crippen LogP contribution is 2.46. The molecule has 0 amide bonds. The van der Waals surface area contributed by atoms with Crippen LogP contribution in [0, 0.1) is 23.2 Å². The van der Waals surface area contributed by atoms with Crippen molar-refractivity contribution in [3.63, 3.8) is 0 Å². The Morgan fingerprint density at radius 3 is 2.59 bits per heavy atom. The summed E-state index contributed by atoms with van der Waals surface area (Å²) in [6.07, 6.45) is 8.93. The Morgan fingerprint density at radius 1 is 1.17 bits per heavy atom. The SMILES string of the molecule is CCC(C)(C)C(=O)O[C@H]1CCCC2=CC(=O)[C@@H](C)[C@@H](CC[C@H]3CCCC(=O)O3)[C@H]21. The molecule has 0 bridgehead atoms. The highest BCUT2D eigenvalue weighted by atomic mass is 16.5. The summed E-state index contributed by atoms with van der Waals surface area (Å²) in [6, 6.07) is 0. The van der Waals surface area contributed by atoms with Crippen molar-refractivity contribution in [2.24, 2.45) is 23.2 Å². The van der Waals surface area contributed by atoms with Crippen molar-refractivity contribution < 1.29 is 23.9 Å². The highest BCUT2D eigenvalue weighted by Gasteiger charge is 2.45. The van der Waals surface area contributed by atoms with Crippen molar-refractivity contribution in [2.45, 2.75) is 97.7 Å². The van der Waals surface area contributed by atoms with Crippen LogP contribution in [0.5, 0.6) is 0 Å². The Labute approximate surface area is 174 Å². The Kier molecular flexibility index (Phi) is 6.85. The number of ether oxygens (including phenoxy) is 2. The van der Waals surface area contributed by atoms with E-state index in [2.05, 4.69) is 0 Å². The van der Waals surface area contributed by atoms with E-state index in [-0.39, 0.29) is 47.7 Å². The molecule has 1 heterocycles. The molecule has 1 saturated heterocycles. The molecule has 5 atom stereocenters. The van der Waals surface area contributed by atoms with Gasteiger partial charge < -0.3 is 9.47 Å². The Morgan fingerprint density at radius 2 is 1.90 bits per heavy atom. The number of fused-ring (bicyclic) bond motifs is 1. The van der Waals surface area contributed by atoms with Gasteiger partial charge in [-0.3, -0.25) is 14.4 Å². The van der Waals surface area contributed by atoms with Crippen LogP contribution in [0.3, 0.4) is 0 Å². The van der Waals surface area contributed by atoms with E-state index in [0.717, 1.165) is 56.9 Å². The largest absolute Gasteiger partial charge is 0.462 e. The van der Waals surface area contributed by atoms with Crippen LogP contribution < -0.4 is 0 Å². The molecule has 0 aromatic rings. The van der Waals surface area contributed by atoms with E-state index in [1.54, 1.807) is 0 Å². The summed E-state index contributed by atoms with van der Waals surface area (Å²) in [5.41, 5.74) is 0.653. The third kappa shape index (κ3) is 4.92. The van der Waals surface area contributed by atoms with E-state index in [1.807, 2.05) is 33.8 Å². The van der Waals surface area contributed by atoms with Crippen molar-refractivity contribution in [3.8, 4) is 0 Å². The van der Waals surface area contributed by atoms with Gasteiger partial charge in [-0.05, 0) is 77.2 Å². The molecule has 5 nitrogen and oxygen atoms in total. The molecule has 1 saturated carbocycles. The topological polar surface area (TPSA) is 69.7 Å². The fourth-order valence-corrected chi connectivity index (χ4v) is 5.01. The van der Waals surface area contributed by atoms with Crippen molar-refractivity contribution in [3.05, 3.63) is 11.6 Å². The molecule has 2 fully saturated rings. The number of hydrogen-bond donors (Lipinski definition) is 0. The molecule has 0 aromatic carbocycles. The fourth-order valence-electron chi connectivity index (χ4n) is 5.01. The van der Waals surface area contributed by atoms with Crippen LogP contribution in [0.25, 0.3) is 0 Å². The minimum atomic E-state index is -0.497. The van der Waals surface area contributed by atoms with Gasteiger partial charge in [-0.2, -0.15) is 0 Å². The van der Waals surface area contributed by atoms with Crippen LogP contribution in [0.4, 0.5) is 0 Å². The van der Waals surface area contributed by atoms with Crippen LogP contribution in [0.2, 0.25) is 0 Å². The maximum absolute atomic E-state index is 12.8. The normalized spacial score (nSPS) is 32.8. The monoisotopic (exact) mass is 404 g/mol. The van der Waals surface area contributed by atoms with E-state index in [1.165, 1.54) is 0 Å². The number of rotatable bonds is 6. The van der Waals surface area contributed by atoms with Gasteiger partial charge in [0, 0.05) is 18.3 Å². The number of allylic oxidation sites excluding steroid dienone is 1. The van der Waals surface area contributed by atoms with Gasteiger partial charge in [0.2, 0.25) is 0 Å². The van der Waals surface area contributed by atoms with Gasteiger partial charge in [-0.15, -0.1) is 0 Å². The molecule has 0 N–H and O–H groups in total. The van der Waals surface area contributed by atoms with Gasteiger partial charge in [0.1, 0.15) is 12.2 Å². The Balaban J connectivity index is 1.76. The zero-order chi connectivity index (χ0) is 21.2. The number of esters is 2. The molecular weight excluding hydrogens is 368 g/mol. The summed E-state index contributed by atoms with van der Waals surface area (Å²) in [5, 5.41) is 0. The smallest absolute Gasteiger partial charge is 0.311 e. The summed E-state index contributed by atoms with van der Waals surface area (Å²) >= 11 is 0. The third-order valence-electron chi connectivity index (χ3n) is 7.38. The summed E-state index contributed by atoms with van der Waals surface area (Å²) < 4.78 is 11.6. The first kappa shape index (κ1) is 22.0. The van der Waals surface area contributed by atoms with Gasteiger partial charge in [-0.25, -0.2) is 0 Å². The lowest BCUT2D eigenvalue weighted by atomic mass is 9.64. The molecule has 2 aliphatic carbocycles. The van der Waals surface area contributed by atoms with Crippen molar-refractivity contribution in [2.75, 3.05) is 0 Å². The van der Waals surface area contributed by atoms with Crippen molar-refractivity contribution in [1.29, 1.82) is 0 Å². The van der Waals surface area contributed by atoms with E-state index >= 15 is 0 Å². The Hall–Kier alpha value is -1.65. The maximum atomic E-state index is 12.8. The third-order valence-corrected chi connectivity index (χ3v) is 7.38. The first-order chi connectivity index (χ1) is 13.7. The van der Waals surface area contributed by atoms with Crippen LogP contribution in [0.1, 0.15) is 85.5 Å². The average Bonchev–Trinajstić information content (AvgIpc) is 2.68. The molecule has 0 radical (unpaired) electrons. The lowest BCUT2D eigenvalue weighted by Gasteiger charge is -2.44. The minimum Gasteiger partial charge on any atom is -0.462 e. The number of ketones is 1. The van der Waals surface area contributed by atoms with Crippen LogP contribution >= 0.6 is 0 Å². The van der Waals surface area contributed by atoms with Crippen LogP contribution in [-0.2, 0) is 23.9 Å². The predicted molar refractivity (Wildman–Crippen MR) is 110 cm³/mol. The molecule has 1 aliphatic heterocycles. The second kappa shape index (κ2) is 9.01. The van der Waals surface area contributed by atoms with Crippen molar-refractivity contribution >= 4 is 17.7 Å². The van der Waals surface area contributed by atoms with E-state index < -0.39 is 5.41 Å². The maximum Gasteiger partial charge on any atom is 0.311 e. The summed E-state index contributed by atoms with van der Waals surface area (Å²) in [5.74, 6) is 0.0687. The standard InChI is InChI=1S/C24H36O5/c1-5-24(3,4)23(27)29-20-10-6-8-16-14-19(25)15(2)18(22(16)20)13-12-17-9-7-11-21(26)28-17/h14-15,17-18,20,22H,5-13H2,1-4H3/t15-,17+,18+,20-,22-/m0/s1. The molecule has 29 heavy (non-hydrogen) atoms. The summed E-state index contributed by atoms with van der Waals surface area (Å²) in [6.45, 7) is 7.85. The molecule has 5 heteroatoms. The second-order valence-corrected chi connectivity index (χ2v) is 9.75. The molecule has 0 aromatic heterocycles. The number of carbonyl (C=O) groups excluding carboxylic acids is 3. The first-order valence-corrected chi connectivity index (χ1v) is 11.4. The fraction of sp³-hybridized carbons (Fsp3) is 0.792.